The van der Waals surface area contributed by atoms with E-state index < -0.39 is 18.2 Å². The third-order valence-corrected chi connectivity index (χ3v) is 10.5. The minimum absolute atomic E-state index is 0.0394. The number of aliphatic hydroxyl groups is 1. The molecular weight excluding hydrogens is 534 g/mol. The quantitative estimate of drug-likeness (QED) is 0.315. The van der Waals surface area contributed by atoms with Crippen molar-refractivity contribution in [2.75, 3.05) is 18.8 Å². The van der Waals surface area contributed by atoms with Crippen molar-refractivity contribution in [1.29, 1.82) is 0 Å². The van der Waals surface area contributed by atoms with Crippen LogP contribution < -0.4 is 10.6 Å². The molecule has 0 spiro atoms. The minimum Gasteiger partial charge on any atom is -0.445 e. The number of rotatable bonds is 11. The van der Waals surface area contributed by atoms with E-state index in [1.807, 2.05) is 62.9 Å². The lowest BCUT2D eigenvalue weighted by atomic mass is 9.72. The first-order chi connectivity index (χ1) is 19.6. The van der Waals surface area contributed by atoms with Crippen molar-refractivity contribution < 1.29 is 19.4 Å². The molecule has 1 aromatic rings. The van der Waals surface area contributed by atoms with Crippen LogP contribution in [0.15, 0.2) is 30.3 Å². The van der Waals surface area contributed by atoms with Gasteiger partial charge in [-0.15, -0.1) is 0 Å². The molecule has 41 heavy (non-hydrogen) atoms. The van der Waals surface area contributed by atoms with E-state index in [-0.39, 0.29) is 23.6 Å². The number of carbonyl (C=O) groups excluding carboxylic acids is 2. The molecule has 3 fully saturated rings. The number of thioether (sulfide) groups is 1. The predicted octanol–water partition coefficient (Wildman–Crippen LogP) is 5.54. The van der Waals surface area contributed by atoms with Gasteiger partial charge in [0.05, 0.1) is 18.2 Å². The first-order valence-corrected chi connectivity index (χ1v) is 17.0. The lowest BCUT2D eigenvalue weighted by Gasteiger charge is -2.47. The van der Waals surface area contributed by atoms with Crippen LogP contribution in [0.2, 0.25) is 0 Å². The largest absolute Gasteiger partial charge is 0.445 e. The maximum Gasteiger partial charge on any atom is 0.407 e. The van der Waals surface area contributed by atoms with Crippen LogP contribution >= 0.6 is 11.8 Å². The van der Waals surface area contributed by atoms with Crippen molar-refractivity contribution in [3.05, 3.63) is 35.9 Å². The van der Waals surface area contributed by atoms with Gasteiger partial charge in [0.25, 0.3) is 0 Å². The number of alkyl carbamates (subject to hydrolysis) is 1. The number of nitrogens with zero attached hydrogens (tertiary/aromatic N) is 1. The number of aliphatic hydroxyl groups excluding tert-OH is 1. The van der Waals surface area contributed by atoms with E-state index in [0.717, 1.165) is 50.0 Å². The van der Waals surface area contributed by atoms with Crippen LogP contribution in [-0.2, 0) is 16.0 Å². The summed E-state index contributed by atoms with van der Waals surface area (Å²) in [5, 5.41) is 18.3. The number of carbonyl (C=O) groups is 2. The summed E-state index contributed by atoms with van der Waals surface area (Å²) in [6.07, 6.45) is 8.98. The van der Waals surface area contributed by atoms with Crippen molar-refractivity contribution in [2.45, 2.75) is 127 Å². The number of amides is 2. The normalized spacial score (nSPS) is 28.4. The summed E-state index contributed by atoms with van der Waals surface area (Å²) in [4.78, 5) is 28.9. The summed E-state index contributed by atoms with van der Waals surface area (Å²) in [7, 11) is 0. The van der Waals surface area contributed by atoms with Gasteiger partial charge in [-0.2, -0.15) is 11.8 Å². The Kier molecular flexibility index (Phi) is 11.8. The Balaban J connectivity index is 1.46. The van der Waals surface area contributed by atoms with Gasteiger partial charge in [0, 0.05) is 23.9 Å². The molecule has 2 aliphatic heterocycles. The molecule has 0 unspecified atom stereocenters. The van der Waals surface area contributed by atoms with E-state index in [2.05, 4.69) is 22.5 Å². The average Bonchev–Trinajstić information content (AvgIpc) is 3.37. The zero-order valence-electron chi connectivity index (χ0n) is 25.6. The highest BCUT2D eigenvalue weighted by Crippen LogP contribution is 2.39. The molecule has 8 heteroatoms. The fourth-order valence-electron chi connectivity index (χ4n) is 6.91. The Labute approximate surface area is 251 Å². The van der Waals surface area contributed by atoms with Gasteiger partial charge in [-0.3, -0.25) is 9.69 Å². The lowest BCUT2D eigenvalue weighted by Crippen LogP contribution is -2.60. The van der Waals surface area contributed by atoms with E-state index in [1.165, 1.54) is 25.7 Å². The number of β-amino-alcohol motifs (C(OH)–C–C–N with tert-alkyl or cyclic N) is 1. The number of likely N-dealkylation sites (tertiary alicyclic amines) is 1. The van der Waals surface area contributed by atoms with E-state index in [0.29, 0.717) is 30.1 Å². The second kappa shape index (κ2) is 15.1. The second-order valence-corrected chi connectivity index (χ2v) is 14.9. The first kappa shape index (κ1) is 32.2. The van der Waals surface area contributed by atoms with E-state index in [9.17, 15) is 14.7 Å². The van der Waals surface area contributed by atoms with Gasteiger partial charge in [0.1, 0.15) is 6.10 Å². The Morgan fingerprint density at radius 3 is 2.56 bits per heavy atom. The van der Waals surface area contributed by atoms with Crippen LogP contribution in [0.25, 0.3) is 0 Å². The van der Waals surface area contributed by atoms with Crippen LogP contribution in [0.5, 0.6) is 0 Å². The smallest absolute Gasteiger partial charge is 0.407 e. The number of unbranched alkanes of at least 4 members (excludes halogenated alkanes) is 1. The highest BCUT2D eigenvalue weighted by atomic mass is 32.2. The van der Waals surface area contributed by atoms with Gasteiger partial charge < -0.3 is 20.5 Å². The van der Waals surface area contributed by atoms with Gasteiger partial charge in [-0.1, -0.05) is 69.4 Å². The fraction of sp³-hybridized carbons (Fsp3) is 0.758. The lowest BCUT2D eigenvalue weighted by molar-refractivity contribution is -0.132. The summed E-state index contributed by atoms with van der Waals surface area (Å²) >= 11 is 1.90. The molecule has 2 heterocycles. The third kappa shape index (κ3) is 9.62. The highest BCUT2D eigenvalue weighted by Gasteiger charge is 2.42. The van der Waals surface area contributed by atoms with E-state index in [4.69, 9.17) is 4.74 Å². The Hall–Kier alpha value is -1.77. The second-order valence-electron chi connectivity index (χ2n) is 13.5. The van der Waals surface area contributed by atoms with Crippen LogP contribution in [0.3, 0.4) is 0 Å². The zero-order chi connectivity index (χ0) is 29.4. The topological polar surface area (TPSA) is 90.9 Å². The van der Waals surface area contributed by atoms with Gasteiger partial charge in [0.15, 0.2) is 0 Å². The van der Waals surface area contributed by atoms with Crippen LogP contribution in [-0.4, -0.2) is 75.9 Å². The van der Waals surface area contributed by atoms with Crippen molar-refractivity contribution >= 4 is 23.8 Å². The summed E-state index contributed by atoms with van der Waals surface area (Å²) in [5.41, 5.74) is 0.724. The Morgan fingerprint density at radius 1 is 1.12 bits per heavy atom. The predicted molar refractivity (Wildman–Crippen MR) is 167 cm³/mol. The number of benzene rings is 1. The Bertz CT molecular complexity index is 971. The molecular formula is C33H53N3O4S. The highest BCUT2D eigenvalue weighted by molar-refractivity contribution is 8.00. The number of nitrogens with one attached hydrogen (secondary N) is 2. The van der Waals surface area contributed by atoms with Crippen LogP contribution in [0, 0.1) is 11.8 Å². The van der Waals surface area contributed by atoms with Gasteiger partial charge in [-0.05, 0) is 76.0 Å². The molecule has 0 bridgehead atoms. The average molecular weight is 588 g/mol. The van der Waals surface area contributed by atoms with Gasteiger partial charge in [0.2, 0.25) is 5.91 Å². The zero-order valence-corrected chi connectivity index (χ0v) is 26.5. The summed E-state index contributed by atoms with van der Waals surface area (Å²) in [6.45, 7) is 9.37. The van der Waals surface area contributed by atoms with Crippen molar-refractivity contribution in [1.82, 2.24) is 15.5 Å². The van der Waals surface area contributed by atoms with Crippen LogP contribution in [0.1, 0.15) is 91.0 Å². The molecule has 1 aliphatic carbocycles. The summed E-state index contributed by atoms with van der Waals surface area (Å²) in [5.74, 6) is 2.17. The standard InChI is InChI=1S/C33H53N3O4S/c1-5-6-16-30-29(17-18-41-30)40-32(39)34-26(19-23-12-8-7-9-13-23)28(37)22-36-21-25-15-11-10-14-24(25)20-27(36)31(38)35-33(2,3)4/h7-9,12-13,24-30,37H,5-6,10-11,14-22H2,1-4H3,(H,34,39)(H,35,38)/t24-,25+,26-,27-,28+,29-,30-/m0/s1. The monoisotopic (exact) mass is 587 g/mol. The van der Waals surface area contributed by atoms with Crippen LogP contribution in [0.4, 0.5) is 4.79 Å². The summed E-state index contributed by atoms with van der Waals surface area (Å²) in [6, 6.07) is 9.17. The molecule has 1 aromatic carbocycles. The number of piperidine rings is 1. The summed E-state index contributed by atoms with van der Waals surface area (Å²) < 4.78 is 5.95. The minimum atomic E-state index is -0.846. The molecule has 4 rings (SSSR count). The van der Waals surface area contributed by atoms with Crippen molar-refractivity contribution in [2.24, 2.45) is 11.8 Å². The third-order valence-electron chi connectivity index (χ3n) is 9.04. The molecule has 230 valence electrons. The fourth-order valence-corrected chi connectivity index (χ4v) is 8.32. The molecule has 3 aliphatic rings. The van der Waals surface area contributed by atoms with E-state index in [1.54, 1.807) is 0 Å². The molecule has 0 radical (unpaired) electrons. The number of hydrogen-bond donors (Lipinski definition) is 3. The van der Waals surface area contributed by atoms with Crippen molar-refractivity contribution in [3.8, 4) is 0 Å². The first-order valence-electron chi connectivity index (χ1n) is 16.0. The molecule has 2 saturated heterocycles. The molecule has 7 atom stereocenters. The maximum absolute atomic E-state index is 13.5. The molecule has 2 amide bonds. The number of fused-ring (bicyclic) bond motifs is 1. The van der Waals surface area contributed by atoms with Crippen molar-refractivity contribution in [3.63, 3.8) is 0 Å². The SMILES string of the molecule is CCCC[C@@H]1SCC[C@@H]1OC(=O)N[C@@H](Cc1ccccc1)[C@H](O)CN1C[C@H]2CCCC[C@H]2C[C@H]1C(=O)NC(C)(C)C. The van der Waals surface area contributed by atoms with E-state index >= 15 is 0 Å². The molecule has 3 N–H and O–H groups in total. The maximum atomic E-state index is 13.5. The molecule has 7 nitrogen and oxygen atoms in total. The number of hydrogen-bond acceptors (Lipinski definition) is 6. The molecule has 1 saturated carbocycles. The Morgan fingerprint density at radius 2 is 1.85 bits per heavy atom. The number of ether oxygens (including phenoxy) is 1. The molecule has 0 aromatic heterocycles. The van der Waals surface area contributed by atoms with Gasteiger partial charge in [-0.25, -0.2) is 4.79 Å². The van der Waals surface area contributed by atoms with Gasteiger partial charge >= 0.3 is 6.09 Å².